The molecule has 15 heavy (non-hydrogen) atoms. The van der Waals surface area contributed by atoms with Gasteiger partial charge in [0.05, 0.1) is 0 Å². The van der Waals surface area contributed by atoms with Gasteiger partial charge in [-0.3, -0.25) is 0 Å². The molecule has 0 bridgehead atoms. The summed E-state index contributed by atoms with van der Waals surface area (Å²) < 4.78 is 0. The van der Waals surface area contributed by atoms with E-state index in [1.165, 1.54) is 5.56 Å². The van der Waals surface area contributed by atoms with Gasteiger partial charge in [0.25, 0.3) is 0 Å². The molecule has 0 radical (unpaired) electrons. The summed E-state index contributed by atoms with van der Waals surface area (Å²) in [6.45, 7) is 16.4. The third kappa shape index (κ3) is 7.06. The maximum absolute atomic E-state index is 4.13. The Morgan fingerprint density at radius 1 is 0.867 bits per heavy atom. The summed E-state index contributed by atoms with van der Waals surface area (Å²) in [4.78, 5) is 8.27. The van der Waals surface area contributed by atoms with Gasteiger partial charge in [0, 0.05) is 12.4 Å². The van der Waals surface area contributed by atoms with Gasteiger partial charge in [-0.05, 0) is 17.9 Å². The van der Waals surface area contributed by atoms with Crippen molar-refractivity contribution in [3.63, 3.8) is 0 Å². The van der Waals surface area contributed by atoms with Gasteiger partial charge < -0.3 is 0 Å². The molecule has 0 aromatic carbocycles. The van der Waals surface area contributed by atoms with Crippen molar-refractivity contribution in [2.24, 2.45) is 0 Å². The largest absolute Gasteiger partial charge is 0.241 e. The van der Waals surface area contributed by atoms with E-state index in [4.69, 9.17) is 0 Å². The standard InChI is InChI=1S/C9H14N2.2C2H6/c1-7-10-5-8(6-11-7)9(2,3)4;2*1-2/h5-6H,1-4H3;2*1-2H3. The SMILES string of the molecule is CC.CC.Cc1ncc(C(C)(C)C)cn1. The molecule has 1 aromatic heterocycles. The van der Waals surface area contributed by atoms with E-state index < -0.39 is 0 Å². The first-order valence-corrected chi connectivity index (χ1v) is 5.79. The van der Waals surface area contributed by atoms with Gasteiger partial charge in [-0.25, -0.2) is 9.97 Å². The fourth-order valence-corrected chi connectivity index (χ4v) is 0.780. The Labute approximate surface area is 95.2 Å². The molecule has 1 rings (SSSR count). The van der Waals surface area contributed by atoms with Crippen LogP contribution in [0.3, 0.4) is 0 Å². The molecule has 2 nitrogen and oxygen atoms in total. The lowest BCUT2D eigenvalue weighted by Gasteiger charge is -2.17. The molecule has 0 aliphatic carbocycles. The number of hydrogen-bond acceptors (Lipinski definition) is 2. The zero-order valence-electron chi connectivity index (χ0n) is 11.5. The van der Waals surface area contributed by atoms with Crippen LogP contribution < -0.4 is 0 Å². The molecular weight excluding hydrogens is 184 g/mol. The van der Waals surface area contributed by atoms with Gasteiger partial charge in [-0.15, -0.1) is 0 Å². The fraction of sp³-hybridized carbons (Fsp3) is 0.692. The molecular formula is C13H26N2. The Balaban J connectivity index is 0. The number of aromatic nitrogens is 2. The van der Waals surface area contributed by atoms with Crippen molar-refractivity contribution in [2.75, 3.05) is 0 Å². The van der Waals surface area contributed by atoms with Crippen LogP contribution in [0.4, 0.5) is 0 Å². The fourth-order valence-electron chi connectivity index (χ4n) is 0.780. The number of aryl methyl sites for hydroxylation is 1. The van der Waals surface area contributed by atoms with Crippen LogP contribution in [-0.2, 0) is 5.41 Å². The molecule has 0 spiro atoms. The quantitative estimate of drug-likeness (QED) is 0.643. The van der Waals surface area contributed by atoms with Crippen LogP contribution in [0.2, 0.25) is 0 Å². The number of hydrogen-bond donors (Lipinski definition) is 0. The first-order valence-electron chi connectivity index (χ1n) is 5.79. The Hall–Kier alpha value is -0.920. The zero-order valence-corrected chi connectivity index (χ0v) is 11.5. The molecule has 0 atom stereocenters. The van der Waals surface area contributed by atoms with Crippen LogP contribution in [-0.4, -0.2) is 9.97 Å². The van der Waals surface area contributed by atoms with E-state index >= 15 is 0 Å². The maximum atomic E-state index is 4.13. The third-order valence-electron chi connectivity index (χ3n) is 1.65. The first kappa shape index (κ1) is 16.5. The van der Waals surface area contributed by atoms with Crippen LogP contribution in [0.15, 0.2) is 12.4 Å². The molecule has 0 amide bonds. The highest BCUT2D eigenvalue weighted by Gasteiger charge is 2.13. The number of rotatable bonds is 0. The van der Waals surface area contributed by atoms with E-state index in [-0.39, 0.29) is 5.41 Å². The predicted octanol–water partition coefficient (Wildman–Crippen LogP) is 4.13. The minimum atomic E-state index is 0.160. The first-order chi connectivity index (χ1) is 7.00. The smallest absolute Gasteiger partial charge is 0.125 e. The second-order valence-corrected chi connectivity index (χ2v) is 3.77. The normalized spacial score (nSPS) is 9.33. The summed E-state index contributed by atoms with van der Waals surface area (Å²) in [5, 5.41) is 0. The van der Waals surface area contributed by atoms with E-state index in [1.54, 1.807) is 0 Å². The van der Waals surface area contributed by atoms with Crippen molar-refractivity contribution in [1.82, 2.24) is 9.97 Å². The monoisotopic (exact) mass is 210 g/mol. The second-order valence-electron chi connectivity index (χ2n) is 3.77. The average molecular weight is 210 g/mol. The van der Waals surface area contributed by atoms with E-state index in [1.807, 2.05) is 47.0 Å². The Morgan fingerprint density at radius 2 is 1.20 bits per heavy atom. The highest BCUT2D eigenvalue weighted by atomic mass is 14.8. The van der Waals surface area contributed by atoms with Crippen molar-refractivity contribution in [3.8, 4) is 0 Å². The van der Waals surface area contributed by atoms with Crippen molar-refractivity contribution >= 4 is 0 Å². The van der Waals surface area contributed by atoms with Gasteiger partial charge in [-0.1, -0.05) is 48.5 Å². The lowest BCUT2D eigenvalue weighted by atomic mass is 9.89. The third-order valence-corrected chi connectivity index (χ3v) is 1.65. The van der Waals surface area contributed by atoms with Crippen LogP contribution >= 0.6 is 0 Å². The Bertz CT molecular complexity index is 232. The highest BCUT2D eigenvalue weighted by Crippen LogP contribution is 2.19. The van der Waals surface area contributed by atoms with Crippen molar-refractivity contribution in [3.05, 3.63) is 23.8 Å². The molecule has 0 aliphatic rings. The van der Waals surface area contributed by atoms with E-state index in [9.17, 15) is 0 Å². The van der Waals surface area contributed by atoms with E-state index in [0.717, 1.165) is 5.82 Å². The molecule has 0 saturated heterocycles. The zero-order chi connectivity index (χ0) is 12.5. The topological polar surface area (TPSA) is 25.8 Å². The summed E-state index contributed by atoms with van der Waals surface area (Å²) in [6.07, 6.45) is 3.78. The molecule has 88 valence electrons. The minimum Gasteiger partial charge on any atom is -0.241 e. The summed E-state index contributed by atoms with van der Waals surface area (Å²) in [5.41, 5.74) is 1.34. The van der Waals surface area contributed by atoms with E-state index in [0.29, 0.717) is 0 Å². The summed E-state index contributed by atoms with van der Waals surface area (Å²) in [5.74, 6) is 0.831. The molecule has 0 fully saturated rings. The Kier molecular flexibility index (Phi) is 9.24. The van der Waals surface area contributed by atoms with Crippen LogP contribution in [0, 0.1) is 6.92 Å². The Morgan fingerprint density at radius 3 is 1.47 bits per heavy atom. The lowest BCUT2D eigenvalue weighted by molar-refractivity contribution is 0.583. The molecule has 0 aliphatic heterocycles. The number of nitrogens with zero attached hydrogens (tertiary/aromatic N) is 2. The van der Waals surface area contributed by atoms with Gasteiger partial charge in [0.15, 0.2) is 0 Å². The van der Waals surface area contributed by atoms with Crippen LogP contribution in [0.25, 0.3) is 0 Å². The van der Waals surface area contributed by atoms with Crippen molar-refractivity contribution in [1.29, 1.82) is 0 Å². The van der Waals surface area contributed by atoms with Crippen molar-refractivity contribution < 1.29 is 0 Å². The molecule has 2 heteroatoms. The molecule has 0 unspecified atom stereocenters. The van der Waals surface area contributed by atoms with Gasteiger partial charge >= 0.3 is 0 Å². The van der Waals surface area contributed by atoms with Gasteiger partial charge in [-0.2, -0.15) is 0 Å². The summed E-state index contributed by atoms with van der Waals surface area (Å²) in [7, 11) is 0. The summed E-state index contributed by atoms with van der Waals surface area (Å²) >= 11 is 0. The van der Waals surface area contributed by atoms with Gasteiger partial charge in [0.1, 0.15) is 5.82 Å². The highest BCUT2D eigenvalue weighted by molar-refractivity contribution is 5.14. The van der Waals surface area contributed by atoms with Crippen LogP contribution in [0.5, 0.6) is 0 Å². The predicted molar refractivity (Wildman–Crippen MR) is 68.2 cm³/mol. The molecule has 0 N–H and O–H groups in total. The molecule has 1 aromatic rings. The maximum Gasteiger partial charge on any atom is 0.125 e. The summed E-state index contributed by atoms with van der Waals surface area (Å²) in [6, 6.07) is 0. The van der Waals surface area contributed by atoms with Crippen molar-refractivity contribution in [2.45, 2.75) is 60.8 Å². The second kappa shape index (κ2) is 8.39. The molecule has 0 saturated carbocycles. The lowest BCUT2D eigenvalue weighted by Crippen LogP contribution is -2.12. The van der Waals surface area contributed by atoms with E-state index in [2.05, 4.69) is 30.7 Å². The molecule has 1 heterocycles. The van der Waals surface area contributed by atoms with Crippen LogP contribution in [0.1, 0.15) is 59.9 Å². The average Bonchev–Trinajstić information content (AvgIpc) is 2.23. The van der Waals surface area contributed by atoms with Gasteiger partial charge in [0.2, 0.25) is 0 Å². The minimum absolute atomic E-state index is 0.160.